The van der Waals surface area contributed by atoms with Gasteiger partial charge in [0.25, 0.3) is 0 Å². The monoisotopic (exact) mass is 822 g/mol. The van der Waals surface area contributed by atoms with Gasteiger partial charge in [0.2, 0.25) is 0 Å². The van der Waals surface area contributed by atoms with E-state index in [-0.39, 0.29) is 25.4 Å². The molecule has 0 amide bonds. The fourth-order valence-corrected chi connectivity index (χ4v) is 7.22. The number of fused-ring (bicyclic) bond motifs is 3. The molecule has 3 fully saturated rings. The Labute approximate surface area is 343 Å². The van der Waals surface area contributed by atoms with Crippen LogP contribution in [0.2, 0.25) is 0 Å². The largest absolute Gasteiger partial charge is 0.481 e. The molecule has 4 rings (SSSR count). The number of ether oxygens (including phenoxy) is 5. The van der Waals surface area contributed by atoms with Crippen LogP contribution < -0.4 is 11.5 Å². The number of carboxylic acid groups (broad SMARTS) is 1. The third-order valence-corrected chi connectivity index (χ3v) is 10.8. The Morgan fingerprint density at radius 3 is 2.29 bits per heavy atom. The van der Waals surface area contributed by atoms with Crippen molar-refractivity contribution in [2.45, 2.75) is 190 Å². The molecule has 4 aliphatic heterocycles. The van der Waals surface area contributed by atoms with E-state index in [1.807, 2.05) is 6.08 Å². The summed E-state index contributed by atoms with van der Waals surface area (Å²) in [7, 11) is 0. The minimum absolute atomic E-state index is 0.0789. The van der Waals surface area contributed by atoms with Crippen LogP contribution in [0.4, 0.5) is 0 Å². The summed E-state index contributed by atoms with van der Waals surface area (Å²) in [4.78, 5) is 24.4. The predicted molar refractivity (Wildman–Crippen MR) is 217 cm³/mol. The van der Waals surface area contributed by atoms with Crippen molar-refractivity contribution in [3.05, 3.63) is 60.8 Å². The van der Waals surface area contributed by atoms with Gasteiger partial charge in [0.05, 0.1) is 48.8 Å². The van der Waals surface area contributed by atoms with Crippen molar-refractivity contribution < 1.29 is 63.9 Å². The number of esters is 1. The molecule has 58 heavy (non-hydrogen) atoms. The highest BCUT2D eigenvalue weighted by Crippen LogP contribution is 2.39. The number of aliphatic hydroxyl groups is 5. The molecule has 0 spiro atoms. The fraction of sp³-hybridized carbons (Fsp3) is 0.721. The van der Waals surface area contributed by atoms with Crippen LogP contribution >= 0.6 is 0 Å². The Morgan fingerprint density at radius 1 is 0.914 bits per heavy atom. The van der Waals surface area contributed by atoms with E-state index in [0.29, 0.717) is 12.5 Å². The maximum Gasteiger partial charge on any atom is 0.330 e. The quantitative estimate of drug-likeness (QED) is 0.0895. The van der Waals surface area contributed by atoms with Crippen LogP contribution in [-0.2, 0) is 33.3 Å². The smallest absolute Gasteiger partial charge is 0.330 e. The molecule has 15 atom stereocenters. The summed E-state index contributed by atoms with van der Waals surface area (Å²) < 4.78 is 28.5. The molecular weight excluding hydrogens is 752 g/mol. The third-order valence-electron chi connectivity index (χ3n) is 10.8. The SMILES string of the molecule is CCCCCCCC(N)CC.C[C@@H]1C\C=C/C=C\C=C/C=C\[C@H](OC2O[C@H](C)[C@@H](O)[C@H](N)[C@@H]2O)C[C@@H]2O[C@](O)(C[C@@H](O)C[C@H]3O[C@@H]3/C=C\C(=O)O1)C[C@H](O)[C@H]2C(=O)O. The van der Waals surface area contributed by atoms with Gasteiger partial charge in [0, 0.05) is 44.2 Å². The first-order chi connectivity index (χ1) is 27.6. The van der Waals surface area contributed by atoms with Gasteiger partial charge in [-0.3, -0.25) is 4.79 Å². The summed E-state index contributed by atoms with van der Waals surface area (Å²) >= 11 is 0. The zero-order valence-corrected chi connectivity index (χ0v) is 34.5. The lowest BCUT2D eigenvalue weighted by Crippen LogP contribution is -2.61. The van der Waals surface area contributed by atoms with E-state index < -0.39 is 97.3 Å². The first-order valence-corrected chi connectivity index (χ1v) is 21.0. The van der Waals surface area contributed by atoms with E-state index in [1.54, 1.807) is 56.4 Å². The summed E-state index contributed by atoms with van der Waals surface area (Å²) in [5, 5.41) is 63.9. The van der Waals surface area contributed by atoms with Crippen LogP contribution in [0.1, 0.15) is 105 Å². The standard InChI is InChI=1S/C33H47NO13.C10H23N/c1-18-10-8-6-4-3-5-7-9-11-21(45-32-30(39)28(34)29(38)19(2)44-32)15-25-27(31(40)41)22(36)17-33(42,47-25)16-20(35)14-24-23(46-24)12-13-26(37)43-18;1-3-5-6-7-8-9-10(11)4-2/h3-9,11-13,18-25,27-30,32,35-36,38-39,42H,10,14-17,34H2,1-2H3,(H,40,41);10H,3-9,11H2,1-2H3/b4-3-,7-5-,8-6-,11-9-,13-12-;/t18-,19-,20+,21+,22+,23-,24-,25+,27-,28+,29-,30+,32?,33-;/m1./s1. The minimum atomic E-state index is -2.10. The van der Waals surface area contributed by atoms with E-state index in [4.69, 9.17) is 35.2 Å². The van der Waals surface area contributed by atoms with Gasteiger partial charge in [-0.1, -0.05) is 94.6 Å². The van der Waals surface area contributed by atoms with Gasteiger partial charge in [-0.2, -0.15) is 0 Å². The summed E-state index contributed by atoms with van der Waals surface area (Å²) in [5.74, 6) is -5.45. The average molecular weight is 823 g/mol. The number of cyclic esters (lactones) is 1. The molecule has 330 valence electrons. The van der Waals surface area contributed by atoms with Gasteiger partial charge in [-0.25, -0.2) is 4.79 Å². The fourth-order valence-electron chi connectivity index (χ4n) is 7.22. The zero-order valence-electron chi connectivity index (χ0n) is 34.5. The average Bonchev–Trinajstić information content (AvgIpc) is 3.90. The number of hydrogen-bond donors (Lipinski definition) is 8. The van der Waals surface area contributed by atoms with Crippen molar-refractivity contribution in [2.24, 2.45) is 17.4 Å². The maximum atomic E-state index is 12.3. The number of allylic oxidation sites excluding steroid dienone is 6. The molecule has 2 bridgehead atoms. The topological polar surface area (TPSA) is 257 Å². The van der Waals surface area contributed by atoms with Crippen molar-refractivity contribution in [3.63, 3.8) is 0 Å². The number of hydrogen-bond acceptors (Lipinski definition) is 14. The molecule has 4 aliphatic rings. The highest BCUT2D eigenvalue weighted by atomic mass is 16.7. The van der Waals surface area contributed by atoms with E-state index >= 15 is 0 Å². The Balaban J connectivity index is 0.000000714. The number of carboxylic acids is 1. The molecule has 10 N–H and O–H groups in total. The highest BCUT2D eigenvalue weighted by Gasteiger charge is 2.51. The lowest BCUT2D eigenvalue weighted by atomic mass is 9.83. The van der Waals surface area contributed by atoms with Gasteiger partial charge in [-0.15, -0.1) is 0 Å². The Morgan fingerprint density at radius 2 is 1.60 bits per heavy atom. The third kappa shape index (κ3) is 17.1. The molecule has 0 aromatic rings. The molecule has 0 aromatic heterocycles. The number of epoxide rings is 1. The normalized spacial score (nSPS) is 40.8. The van der Waals surface area contributed by atoms with Crippen LogP contribution in [-0.4, -0.2) is 128 Å². The first-order valence-electron chi connectivity index (χ1n) is 21.0. The Bertz CT molecular complexity index is 1390. The van der Waals surface area contributed by atoms with Gasteiger partial charge in [0.1, 0.15) is 24.2 Å². The molecule has 15 heteroatoms. The lowest BCUT2D eigenvalue weighted by Gasteiger charge is -2.45. The van der Waals surface area contributed by atoms with Gasteiger partial charge < -0.3 is 65.8 Å². The van der Waals surface area contributed by atoms with Gasteiger partial charge in [0.15, 0.2) is 12.1 Å². The molecular formula is C43H70N2O13. The molecule has 2 unspecified atom stereocenters. The van der Waals surface area contributed by atoms with E-state index in [2.05, 4.69) is 13.8 Å². The van der Waals surface area contributed by atoms with E-state index in [9.17, 15) is 40.2 Å². The summed E-state index contributed by atoms with van der Waals surface area (Å²) in [6.07, 6.45) is 14.4. The second-order valence-corrected chi connectivity index (χ2v) is 15.9. The van der Waals surface area contributed by atoms with Crippen molar-refractivity contribution in [2.75, 3.05) is 0 Å². The number of aliphatic hydroxyl groups excluding tert-OH is 4. The highest BCUT2D eigenvalue weighted by molar-refractivity contribution is 5.82. The van der Waals surface area contributed by atoms with Gasteiger partial charge in [-0.05, 0) is 32.8 Å². The number of aliphatic carboxylic acids is 1. The second-order valence-electron chi connectivity index (χ2n) is 15.9. The Kier molecular flexibility index (Phi) is 21.4. The first kappa shape index (κ1) is 49.6. The number of unbranched alkanes of at least 4 members (excludes halogenated alkanes) is 4. The van der Waals surface area contributed by atoms with Crippen LogP contribution in [0.15, 0.2) is 60.8 Å². The molecule has 4 heterocycles. The molecule has 0 aliphatic carbocycles. The molecule has 15 nitrogen and oxygen atoms in total. The predicted octanol–water partition coefficient (Wildman–Crippen LogP) is 3.20. The summed E-state index contributed by atoms with van der Waals surface area (Å²) in [5.41, 5.74) is 11.8. The van der Waals surface area contributed by atoms with Crippen molar-refractivity contribution in [3.8, 4) is 0 Å². The number of carbonyl (C=O) groups excluding carboxylic acids is 1. The maximum absolute atomic E-state index is 12.3. The van der Waals surface area contributed by atoms with Crippen LogP contribution in [0.5, 0.6) is 0 Å². The minimum Gasteiger partial charge on any atom is -0.481 e. The molecule has 0 saturated carbocycles. The second kappa shape index (κ2) is 25.1. The zero-order chi connectivity index (χ0) is 42.8. The number of carbonyl (C=O) groups is 2. The van der Waals surface area contributed by atoms with Crippen LogP contribution in [0.25, 0.3) is 0 Å². The van der Waals surface area contributed by atoms with Gasteiger partial charge >= 0.3 is 11.9 Å². The number of nitrogens with two attached hydrogens (primary N) is 2. The van der Waals surface area contributed by atoms with Crippen LogP contribution in [0, 0.1) is 5.92 Å². The molecule has 0 aromatic carbocycles. The van der Waals surface area contributed by atoms with E-state index in [1.165, 1.54) is 50.7 Å². The summed E-state index contributed by atoms with van der Waals surface area (Å²) in [6, 6.07) is -0.622. The molecule has 3 saturated heterocycles. The summed E-state index contributed by atoms with van der Waals surface area (Å²) in [6.45, 7) is 7.75. The lowest BCUT2D eigenvalue weighted by molar-refractivity contribution is -0.308. The van der Waals surface area contributed by atoms with Crippen LogP contribution in [0.3, 0.4) is 0 Å². The van der Waals surface area contributed by atoms with Crippen molar-refractivity contribution >= 4 is 11.9 Å². The molecule has 0 radical (unpaired) electrons. The van der Waals surface area contributed by atoms with Crippen molar-refractivity contribution in [1.82, 2.24) is 0 Å². The van der Waals surface area contributed by atoms with Crippen molar-refractivity contribution in [1.29, 1.82) is 0 Å². The van der Waals surface area contributed by atoms with E-state index in [0.717, 1.165) is 6.42 Å². The number of rotatable bonds is 10. The Hall–Kier alpha value is -2.80.